The second kappa shape index (κ2) is 16.6. The van der Waals surface area contributed by atoms with Crippen molar-refractivity contribution < 1.29 is 0 Å². The van der Waals surface area contributed by atoms with Crippen LogP contribution in [0.3, 0.4) is 0 Å². The van der Waals surface area contributed by atoms with Gasteiger partial charge in [0.25, 0.3) is 0 Å². The molecule has 3 heteroatoms. The lowest BCUT2D eigenvalue weighted by molar-refractivity contribution is 0.443. The minimum atomic E-state index is -0.0308. The Labute approximate surface area is 366 Å². The van der Waals surface area contributed by atoms with Gasteiger partial charge < -0.3 is 14.4 Å². The highest BCUT2D eigenvalue weighted by Gasteiger charge is 2.37. The van der Waals surface area contributed by atoms with Gasteiger partial charge in [-0.25, -0.2) is 0 Å². The van der Waals surface area contributed by atoms with Gasteiger partial charge in [0.05, 0.1) is 16.7 Å². The Morgan fingerprint density at radius 2 is 0.871 bits per heavy atom. The fraction of sp³-hybridized carbons (Fsp3) is 0.186. The van der Waals surface area contributed by atoms with Crippen molar-refractivity contribution in [2.45, 2.75) is 69.1 Å². The fourth-order valence-corrected chi connectivity index (χ4v) is 11.0. The molecule has 0 atom stereocenters. The third-order valence-electron chi connectivity index (χ3n) is 14.0. The first-order chi connectivity index (χ1) is 30.7. The maximum Gasteiger partial charge on any atom is 0.0562 e. The molecule has 1 heterocycles. The molecular formula is C59H53N3. The monoisotopic (exact) mass is 803 g/mol. The molecule has 1 aromatic heterocycles. The molecular weight excluding hydrogens is 751 g/mol. The van der Waals surface area contributed by atoms with Gasteiger partial charge in [0.1, 0.15) is 0 Å². The van der Waals surface area contributed by atoms with Crippen molar-refractivity contribution in [3.8, 4) is 5.69 Å². The van der Waals surface area contributed by atoms with Gasteiger partial charge in [-0.3, -0.25) is 0 Å². The van der Waals surface area contributed by atoms with Crippen molar-refractivity contribution in [3.05, 3.63) is 223 Å². The van der Waals surface area contributed by atoms with Crippen molar-refractivity contribution in [1.29, 1.82) is 0 Å². The van der Waals surface area contributed by atoms with Crippen LogP contribution in [0.4, 0.5) is 34.1 Å². The minimum absolute atomic E-state index is 0.0308. The van der Waals surface area contributed by atoms with Crippen molar-refractivity contribution >= 4 is 55.9 Å². The van der Waals surface area contributed by atoms with Crippen LogP contribution in [-0.4, -0.2) is 4.57 Å². The fourth-order valence-electron chi connectivity index (χ4n) is 11.0. The molecule has 304 valence electrons. The average molecular weight is 804 g/mol. The number of fused-ring (bicyclic) bond motifs is 3. The van der Waals surface area contributed by atoms with Crippen molar-refractivity contribution in [1.82, 2.24) is 4.57 Å². The lowest BCUT2D eigenvalue weighted by Crippen LogP contribution is -2.24. The zero-order valence-electron chi connectivity index (χ0n) is 35.4. The molecule has 11 rings (SSSR count). The molecule has 0 unspecified atom stereocenters. The Kier molecular flexibility index (Phi) is 10.2. The summed E-state index contributed by atoms with van der Waals surface area (Å²) < 4.78 is 2.43. The van der Waals surface area contributed by atoms with Crippen LogP contribution in [0, 0.1) is 0 Å². The maximum absolute atomic E-state index is 2.51. The van der Waals surface area contributed by atoms with E-state index in [0.717, 1.165) is 24.2 Å². The molecule has 2 saturated carbocycles. The normalized spacial score (nSPS) is 15.2. The summed E-state index contributed by atoms with van der Waals surface area (Å²) in [6.45, 7) is 0. The Morgan fingerprint density at radius 3 is 1.47 bits per heavy atom. The third-order valence-corrected chi connectivity index (χ3v) is 14.0. The minimum Gasteiger partial charge on any atom is -0.311 e. The van der Waals surface area contributed by atoms with E-state index in [-0.39, 0.29) is 5.41 Å². The van der Waals surface area contributed by atoms with Crippen LogP contribution in [0.1, 0.15) is 80.4 Å². The number of hydrogen-bond donors (Lipinski definition) is 0. The van der Waals surface area contributed by atoms with Crippen molar-refractivity contribution in [2.75, 3.05) is 9.80 Å². The van der Waals surface area contributed by atoms with E-state index in [4.69, 9.17) is 0 Å². The molecule has 0 N–H and O–H groups in total. The first-order valence-corrected chi connectivity index (χ1v) is 22.8. The van der Waals surface area contributed by atoms with Crippen LogP contribution in [-0.2, 0) is 5.41 Å². The van der Waals surface area contributed by atoms with Gasteiger partial charge in [-0.1, -0.05) is 147 Å². The number of anilines is 6. The van der Waals surface area contributed by atoms with E-state index in [2.05, 4.69) is 221 Å². The average Bonchev–Trinajstić information content (AvgIpc) is 3.99. The summed E-state index contributed by atoms with van der Waals surface area (Å²) in [5.41, 5.74) is 14.9. The number of hydrogen-bond acceptors (Lipinski definition) is 2. The highest BCUT2D eigenvalue weighted by atomic mass is 15.2. The van der Waals surface area contributed by atoms with E-state index < -0.39 is 0 Å². The SMILES string of the molecule is c1ccc(N(c2ccccc2)c2ccc(C3(c4ccc(N(c5ccc(C6CCCCC6)cc5)c5cccc6c5c5ccccc5n6-c5ccccc5)cc4)CCCC3)cc2)cc1. The maximum atomic E-state index is 2.51. The first kappa shape index (κ1) is 38.1. The van der Waals surface area contributed by atoms with Gasteiger partial charge in [0.15, 0.2) is 0 Å². The Hall–Kier alpha value is -6.84. The number of benzene rings is 8. The van der Waals surface area contributed by atoms with Crippen molar-refractivity contribution in [2.24, 2.45) is 0 Å². The van der Waals surface area contributed by atoms with E-state index >= 15 is 0 Å². The van der Waals surface area contributed by atoms with Crippen LogP contribution in [0.15, 0.2) is 206 Å². The number of nitrogens with zero attached hydrogens (tertiary/aromatic N) is 3. The van der Waals surface area contributed by atoms with E-state index in [1.165, 1.54) is 112 Å². The topological polar surface area (TPSA) is 11.4 Å². The largest absolute Gasteiger partial charge is 0.311 e. The summed E-state index contributed by atoms with van der Waals surface area (Å²) in [6.07, 6.45) is 11.4. The highest BCUT2D eigenvalue weighted by Crippen LogP contribution is 2.49. The summed E-state index contributed by atoms with van der Waals surface area (Å²) in [4.78, 5) is 4.87. The molecule has 0 amide bonds. The predicted octanol–water partition coefficient (Wildman–Crippen LogP) is 16.6. The Morgan fingerprint density at radius 1 is 0.387 bits per heavy atom. The predicted molar refractivity (Wildman–Crippen MR) is 262 cm³/mol. The van der Waals surface area contributed by atoms with E-state index in [9.17, 15) is 0 Å². The number of para-hydroxylation sites is 4. The summed E-state index contributed by atoms with van der Waals surface area (Å²) in [5.74, 6) is 0.661. The highest BCUT2D eigenvalue weighted by molar-refractivity contribution is 6.16. The lowest BCUT2D eigenvalue weighted by atomic mass is 9.73. The molecule has 2 aliphatic rings. The van der Waals surface area contributed by atoms with Gasteiger partial charge in [-0.05, 0) is 139 Å². The van der Waals surface area contributed by atoms with E-state index in [1.807, 2.05) is 0 Å². The molecule has 62 heavy (non-hydrogen) atoms. The number of rotatable bonds is 10. The number of aromatic nitrogens is 1. The molecule has 9 aromatic rings. The summed E-state index contributed by atoms with van der Waals surface area (Å²) in [6, 6.07) is 76.6. The molecule has 8 aromatic carbocycles. The molecule has 3 nitrogen and oxygen atoms in total. The van der Waals surface area contributed by atoms with Gasteiger partial charge in [0.2, 0.25) is 0 Å². The molecule has 0 aliphatic heterocycles. The standard InChI is InChI=1S/C59H53N3/c1-5-18-44(19-6-1)45-30-36-52(37-31-45)61(56-28-17-29-57-58(56)54-26-13-14-27-55(54)62(57)50-24-11-4-12-25-50)53-40-34-47(35-41-53)59(42-15-16-43-59)46-32-38-51(39-33-46)60(48-20-7-2-8-21-48)49-22-9-3-10-23-49/h2-4,7-14,17,20-41,44H,1,5-6,15-16,18-19,42-43H2. The summed E-state index contributed by atoms with van der Waals surface area (Å²) in [7, 11) is 0. The third kappa shape index (κ3) is 6.86. The van der Waals surface area contributed by atoms with Crippen molar-refractivity contribution in [3.63, 3.8) is 0 Å². The summed E-state index contributed by atoms with van der Waals surface area (Å²) in [5, 5.41) is 2.52. The smallest absolute Gasteiger partial charge is 0.0562 e. The van der Waals surface area contributed by atoms with Gasteiger partial charge in [-0.2, -0.15) is 0 Å². The molecule has 0 saturated heterocycles. The zero-order chi connectivity index (χ0) is 41.3. The van der Waals surface area contributed by atoms with Crippen LogP contribution in [0.25, 0.3) is 27.5 Å². The quantitative estimate of drug-likeness (QED) is 0.136. The van der Waals surface area contributed by atoms with E-state index in [0.29, 0.717) is 5.92 Å². The molecule has 0 spiro atoms. The Bertz CT molecular complexity index is 2860. The Balaban J connectivity index is 1.01. The van der Waals surface area contributed by atoms with Gasteiger partial charge >= 0.3 is 0 Å². The van der Waals surface area contributed by atoms with Crippen LogP contribution >= 0.6 is 0 Å². The summed E-state index contributed by atoms with van der Waals surface area (Å²) >= 11 is 0. The van der Waals surface area contributed by atoms with E-state index in [1.54, 1.807) is 0 Å². The van der Waals surface area contributed by atoms with Crippen LogP contribution in [0.2, 0.25) is 0 Å². The first-order valence-electron chi connectivity index (χ1n) is 22.8. The van der Waals surface area contributed by atoms with Crippen LogP contribution in [0.5, 0.6) is 0 Å². The molecule has 2 aliphatic carbocycles. The zero-order valence-corrected chi connectivity index (χ0v) is 35.4. The van der Waals surface area contributed by atoms with Crippen LogP contribution < -0.4 is 9.80 Å². The lowest BCUT2D eigenvalue weighted by Gasteiger charge is -2.33. The van der Waals surface area contributed by atoms with Gasteiger partial charge in [-0.15, -0.1) is 0 Å². The molecule has 0 bridgehead atoms. The second-order valence-corrected chi connectivity index (χ2v) is 17.5. The van der Waals surface area contributed by atoms with Gasteiger partial charge in [0, 0.05) is 50.3 Å². The second-order valence-electron chi connectivity index (χ2n) is 17.5. The molecule has 2 fully saturated rings. The molecule has 0 radical (unpaired) electrons.